The zero-order chi connectivity index (χ0) is 23.8. The lowest BCUT2D eigenvalue weighted by atomic mass is 9.99. The molecule has 4 aromatic rings. The Kier molecular flexibility index (Phi) is 5.62. The van der Waals surface area contributed by atoms with E-state index in [4.69, 9.17) is 4.74 Å². The highest BCUT2D eigenvalue weighted by atomic mass is 32.1. The fourth-order valence-corrected chi connectivity index (χ4v) is 4.81. The number of hydrogen-bond acceptors (Lipinski definition) is 6. The van der Waals surface area contributed by atoms with Crippen molar-refractivity contribution >= 4 is 34.0 Å². The second-order valence-electron chi connectivity index (χ2n) is 8.08. The van der Waals surface area contributed by atoms with Crippen LogP contribution in [0.5, 0.6) is 5.75 Å². The monoisotopic (exact) mass is 473 g/mol. The van der Waals surface area contributed by atoms with Gasteiger partial charge in [0.15, 0.2) is 10.8 Å². The van der Waals surface area contributed by atoms with E-state index in [1.54, 1.807) is 17.9 Å². The number of anilines is 2. The van der Waals surface area contributed by atoms with Gasteiger partial charge >= 0.3 is 0 Å². The number of nitrogens with one attached hydrogen (secondary N) is 2. The van der Waals surface area contributed by atoms with Gasteiger partial charge in [-0.3, -0.25) is 14.9 Å². The molecule has 172 valence electrons. The number of methoxy groups -OCH3 is 1. The number of nitrogens with zero attached hydrogens (tertiary/aromatic N) is 3. The van der Waals surface area contributed by atoms with Gasteiger partial charge in [-0.15, -0.1) is 11.3 Å². The summed E-state index contributed by atoms with van der Waals surface area (Å²) in [6, 6.07) is 15.1. The lowest BCUT2D eigenvalue weighted by Crippen LogP contribution is -2.18. The maximum Gasteiger partial charge on any atom is 0.277 e. The average Bonchev–Trinajstić information content (AvgIpc) is 3.41. The highest BCUT2D eigenvalue weighted by molar-refractivity contribution is 7.16. The van der Waals surface area contributed by atoms with E-state index in [1.807, 2.05) is 50.2 Å². The van der Waals surface area contributed by atoms with Crippen LogP contribution in [-0.2, 0) is 11.2 Å². The summed E-state index contributed by atoms with van der Waals surface area (Å²) < 4.78 is 6.93. The second-order valence-corrected chi connectivity index (χ2v) is 9.28. The number of amides is 2. The van der Waals surface area contributed by atoms with E-state index in [0.717, 1.165) is 44.5 Å². The van der Waals surface area contributed by atoms with Crippen LogP contribution in [0.1, 0.15) is 33.0 Å². The van der Waals surface area contributed by atoms with Gasteiger partial charge in [-0.1, -0.05) is 6.07 Å². The normalized spacial score (nSPS) is 12.7. The molecule has 8 nitrogen and oxygen atoms in total. The quantitative estimate of drug-likeness (QED) is 0.436. The summed E-state index contributed by atoms with van der Waals surface area (Å²) >= 11 is 1.42. The van der Waals surface area contributed by atoms with E-state index in [2.05, 4.69) is 26.8 Å². The second kappa shape index (κ2) is 8.75. The third kappa shape index (κ3) is 4.17. The van der Waals surface area contributed by atoms with Crippen LogP contribution in [0.3, 0.4) is 0 Å². The van der Waals surface area contributed by atoms with Gasteiger partial charge in [0.05, 0.1) is 18.5 Å². The lowest BCUT2D eigenvalue weighted by molar-refractivity contribution is -0.116. The van der Waals surface area contributed by atoms with E-state index in [0.29, 0.717) is 23.7 Å². The molecule has 0 atom stereocenters. The van der Waals surface area contributed by atoms with Crippen molar-refractivity contribution in [3.8, 4) is 22.7 Å². The largest absolute Gasteiger partial charge is 0.497 e. The van der Waals surface area contributed by atoms with Crippen molar-refractivity contribution in [2.24, 2.45) is 0 Å². The summed E-state index contributed by atoms with van der Waals surface area (Å²) in [5.74, 6) is 0.480. The zero-order valence-corrected chi connectivity index (χ0v) is 19.8. The molecule has 9 heteroatoms. The Labute approximate surface area is 200 Å². The highest BCUT2D eigenvalue weighted by Gasteiger charge is 2.19. The summed E-state index contributed by atoms with van der Waals surface area (Å²) in [7, 11) is 1.62. The van der Waals surface area contributed by atoms with Crippen molar-refractivity contribution in [1.29, 1.82) is 0 Å². The van der Waals surface area contributed by atoms with Gasteiger partial charge in [0, 0.05) is 28.2 Å². The van der Waals surface area contributed by atoms with Crippen LogP contribution in [0, 0.1) is 13.8 Å². The van der Waals surface area contributed by atoms with E-state index in [9.17, 15) is 9.59 Å². The molecule has 0 saturated carbocycles. The molecule has 0 aliphatic carbocycles. The maximum atomic E-state index is 12.9. The molecule has 2 aromatic heterocycles. The number of aromatic nitrogens is 3. The molecule has 0 unspecified atom stereocenters. The van der Waals surface area contributed by atoms with Crippen LogP contribution >= 0.6 is 11.3 Å². The van der Waals surface area contributed by atoms with Crippen molar-refractivity contribution in [3.63, 3.8) is 0 Å². The Hall–Kier alpha value is -3.98. The highest BCUT2D eigenvalue weighted by Crippen LogP contribution is 2.34. The van der Waals surface area contributed by atoms with Crippen LogP contribution in [0.15, 0.2) is 48.5 Å². The first kappa shape index (κ1) is 21.8. The molecule has 0 bridgehead atoms. The Bertz CT molecular complexity index is 1400. The number of benzene rings is 2. The molecule has 0 saturated heterocycles. The molecule has 2 N–H and O–H groups in total. The molecule has 1 aliphatic heterocycles. The lowest BCUT2D eigenvalue weighted by Gasteiger charge is -2.17. The molecule has 5 rings (SSSR count). The van der Waals surface area contributed by atoms with Crippen molar-refractivity contribution in [2.75, 3.05) is 17.7 Å². The fourth-order valence-electron chi connectivity index (χ4n) is 3.98. The predicted octanol–water partition coefficient (Wildman–Crippen LogP) is 4.76. The van der Waals surface area contributed by atoms with Crippen molar-refractivity contribution < 1.29 is 14.3 Å². The molecule has 1 aliphatic rings. The van der Waals surface area contributed by atoms with Crippen LogP contribution in [0.2, 0.25) is 0 Å². The van der Waals surface area contributed by atoms with Crippen LogP contribution in [0.25, 0.3) is 16.9 Å². The average molecular weight is 474 g/mol. The van der Waals surface area contributed by atoms with E-state index in [1.165, 1.54) is 11.3 Å². The number of rotatable bonds is 5. The minimum Gasteiger partial charge on any atom is -0.497 e. The smallest absolute Gasteiger partial charge is 0.277 e. The summed E-state index contributed by atoms with van der Waals surface area (Å²) in [6.07, 6.45) is 1.19. The standard InChI is InChI=1S/C25H23N5O3S/c1-14-12-21(29-30(14)18-6-8-19(33-3)9-7-18)24(32)28-25-27-23(15(2)34-25)17-4-10-20-16(13-17)5-11-22(31)26-20/h4,6-10,12-13H,5,11H2,1-3H3,(H,26,31)(H,27,28,32). The van der Waals surface area contributed by atoms with Gasteiger partial charge in [-0.2, -0.15) is 5.10 Å². The molecule has 34 heavy (non-hydrogen) atoms. The van der Waals surface area contributed by atoms with E-state index in [-0.39, 0.29) is 11.8 Å². The minimum atomic E-state index is -0.316. The molecule has 2 amide bonds. The third-order valence-corrected chi connectivity index (χ3v) is 6.61. The van der Waals surface area contributed by atoms with E-state index >= 15 is 0 Å². The Morgan fingerprint density at radius 2 is 1.91 bits per heavy atom. The summed E-state index contributed by atoms with van der Waals surface area (Å²) in [4.78, 5) is 30.2. The molecular formula is C25H23N5O3S. The predicted molar refractivity (Wildman–Crippen MR) is 132 cm³/mol. The molecule has 0 fully saturated rings. The topological polar surface area (TPSA) is 98.1 Å². The maximum absolute atomic E-state index is 12.9. The number of carbonyl (C=O) groups excluding carboxylic acids is 2. The Balaban J connectivity index is 1.35. The molecule has 0 spiro atoms. The summed E-state index contributed by atoms with van der Waals surface area (Å²) in [6.45, 7) is 3.88. The number of fused-ring (bicyclic) bond motifs is 1. The van der Waals surface area contributed by atoms with Gasteiger partial charge in [-0.05, 0) is 68.3 Å². The first-order valence-electron chi connectivity index (χ1n) is 10.8. The van der Waals surface area contributed by atoms with Crippen molar-refractivity contribution in [1.82, 2.24) is 14.8 Å². The fraction of sp³-hybridized carbons (Fsp3) is 0.200. The summed E-state index contributed by atoms with van der Waals surface area (Å²) in [5, 5.41) is 10.8. The van der Waals surface area contributed by atoms with Gasteiger partial charge in [-0.25, -0.2) is 9.67 Å². The third-order valence-electron chi connectivity index (χ3n) is 5.73. The molecule has 3 heterocycles. The Morgan fingerprint density at radius 1 is 1.12 bits per heavy atom. The SMILES string of the molecule is COc1ccc(-n2nc(C(=O)Nc3nc(-c4ccc5c(c4)CCC(=O)N5)c(C)s3)cc2C)cc1. The van der Waals surface area contributed by atoms with E-state index < -0.39 is 0 Å². The number of ether oxygens (including phenoxy) is 1. The van der Waals surface area contributed by atoms with Crippen molar-refractivity contribution in [3.05, 3.63) is 70.4 Å². The first-order chi connectivity index (χ1) is 16.4. The van der Waals surface area contributed by atoms with Gasteiger partial charge in [0.1, 0.15) is 5.75 Å². The molecular weight excluding hydrogens is 450 g/mol. The zero-order valence-electron chi connectivity index (χ0n) is 19.0. The van der Waals surface area contributed by atoms with Gasteiger partial charge < -0.3 is 10.1 Å². The van der Waals surface area contributed by atoms with Crippen LogP contribution in [0.4, 0.5) is 10.8 Å². The first-order valence-corrected chi connectivity index (χ1v) is 11.7. The molecule has 0 radical (unpaired) electrons. The van der Waals surface area contributed by atoms with Gasteiger partial charge in [0.25, 0.3) is 5.91 Å². The number of thiazole rings is 1. The number of carbonyl (C=O) groups is 2. The number of aryl methyl sites for hydroxylation is 3. The van der Waals surface area contributed by atoms with Crippen molar-refractivity contribution in [2.45, 2.75) is 26.7 Å². The summed E-state index contributed by atoms with van der Waals surface area (Å²) in [5.41, 5.74) is 5.72. The van der Waals surface area contributed by atoms with Crippen LogP contribution < -0.4 is 15.4 Å². The minimum absolute atomic E-state index is 0.0414. The van der Waals surface area contributed by atoms with Crippen LogP contribution in [-0.4, -0.2) is 33.7 Å². The molecule has 2 aromatic carbocycles. The number of hydrogen-bond donors (Lipinski definition) is 2. The Morgan fingerprint density at radius 3 is 2.68 bits per heavy atom. The van der Waals surface area contributed by atoms with Gasteiger partial charge in [0.2, 0.25) is 5.91 Å².